The number of fused-ring (bicyclic) bond motifs is 1. The summed E-state index contributed by atoms with van der Waals surface area (Å²) in [6.07, 6.45) is 2.11. The van der Waals surface area contributed by atoms with Crippen LogP contribution in [-0.2, 0) is 27.5 Å². The van der Waals surface area contributed by atoms with Crippen molar-refractivity contribution < 1.29 is 21.1 Å². The normalized spacial score (nSPS) is 21.1. The number of nitrogens with zero attached hydrogens (tertiary/aromatic N) is 2. The summed E-state index contributed by atoms with van der Waals surface area (Å²) < 4.78 is 0. The first kappa shape index (κ1) is 8.95. The molecule has 0 amide bonds. The average Bonchev–Trinajstić information content (AvgIpc) is 2.41. The summed E-state index contributed by atoms with van der Waals surface area (Å²) in [5.41, 5.74) is 9.13. The van der Waals surface area contributed by atoms with E-state index in [0.717, 1.165) is 24.2 Å². The molecule has 64 valence electrons. The van der Waals surface area contributed by atoms with E-state index >= 15 is 0 Å². The summed E-state index contributed by atoms with van der Waals surface area (Å²) in [5, 5.41) is 7.96. The van der Waals surface area contributed by atoms with Crippen molar-refractivity contribution >= 4 is 0 Å². The third kappa shape index (κ3) is 1.27. The van der Waals surface area contributed by atoms with Crippen LogP contribution in [0.4, 0.5) is 0 Å². The molecule has 0 fully saturated rings. The maximum Gasteiger partial charge on any atom is 0.0457 e. The third-order valence-corrected chi connectivity index (χ3v) is 2.11. The fourth-order valence-corrected chi connectivity index (χ4v) is 1.48. The predicted octanol–water partition coefficient (Wildman–Crippen LogP) is 0.291. The van der Waals surface area contributed by atoms with E-state index in [1.54, 1.807) is 0 Å². The Labute approximate surface area is 80.0 Å². The van der Waals surface area contributed by atoms with Crippen LogP contribution in [0.2, 0.25) is 0 Å². The Kier molecular flexibility index (Phi) is 2.50. The van der Waals surface area contributed by atoms with Crippen LogP contribution in [0, 0.1) is 6.92 Å². The standard InChI is InChI=1S/C7H10N3.Pt/c1-4-5-2-3-6(8)7(5)10-9-4;/h6H,2-3,8H2,1H3;/q-1;. The van der Waals surface area contributed by atoms with Gasteiger partial charge in [0.2, 0.25) is 0 Å². The van der Waals surface area contributed by atoms with Crippen LogP contribution in [0.25, 0.3) is 0 Å². The molecule has 1 aliphatic carbocycles. The molecule has 3 nitrogen and oxygen atoms in total. The predicted molar refractivity (Wildman–Crippen MR) is 37.5 cm³/mol. The molecule has 1 aromatic heterocycles. The molecular formula is C7H10N3Pt-. The van der Waals surface area contributed by atoms with Crippen molar-refractivity contribution in [3.05, 3.63) is 17.0 Å². The van der Waals surface area contributed by atoms with Crippen molar-refractivity contribution in [2.24, 2.45) is 5.73 Å². The molecular weight excluding hydrogens is 321 g/mol. The monoisotopic (exact) mass is 331 g/mol. The number of aryl methyl sites for hydroxylation is 1. The van der Waals surface area contributed by atoms with Gasteiger partial charge < -0.3 is 15.9 Å². The van der Waals surface area contributed by atoms with Gasteiger partial charge in [0.15, 0.2) is 0 Å². The minimum atomic E-state index is 0. The van der Waals surface area contributed by atoms with E-state index in [0.29, 0.717) is 0 Å². The van der Waals surface area contributed by atoms with E-state index in [1.165, 1.54) is 5.56 Å². The molecule has 0 saturated carbocycles. The van der Waals surface area contributed by atoms with Crippen LogP contribution in [0.3, 0.4) is 0 Å². The van der Waals surface area contributed by atoms with Crippen LogP contribution in [-0.4, -0.2) is 5.10 Å². The maximum atomic E-state index is 5.76. The summed E-state index contributed by atoms with van der Waals surface area (Å²) in [4.78, 5) is 0. The minimum absolute atomic E-state index is 0. The van der Waals surface area contributed by atoms with Gasteiger partial charge in [-0.25, -0.2) is 0 Å². The van der Waals surface area contributed by atoms with Gasteiger partial charge in [-0.2, -0.15) is 0 Å². The summed E-state index contributed by atoms with van der Waals surface area (Å²) in [6, 6.07) is 0.149. The van der Waals surface area contributed by atoms with E-state index in [1.807, 2.05) is 6.92 Å². The first-order valence-electron chi connectivity index (χ1n) is 3.53. The summed E-state index contributed by atoms with van der Waals surface area (Å²) in [6.45, 7) is 1.99. The van der Waals surface area contributed by atoms with Crippen LogP contribution < -0.4 is 10.8 Å². The Balaban J connectivity index is 0.000000605. The van der Waals surface area contributed by atoms with Gasteiger partial charge in [-0.15, -0.1) is 5.69 Å². The van der Waals surface area contributed by atoms with Crippen molar-refractivity contribution in [1.29, 1.82) is 0 Å². The molecule has 0 bridgehead atoms. The van der Waals surface area contributed by atoms with Gasteiger partial charge in [0, 0.05) is 32.8 Å². The molecule has 11 heavy (non-hydrogen) atoms. The second kappa shape index (κ2) is 3.08. The van der Waals surface area contributed by atoms with Crippen molar-refractivity contribution in [2.45, 2.75) is 25.8 Å². The summed E-state index contributed by atoms with van der Waals surface area (Å²) in [5.74, 6) is 0. The molecule has 4 heteroatoms. The van der Waals surface area contributed by atoms with E-state index in [9.17, 15) is 0 Å². The zero-order valence-electron chi connectivity index (χ0n) is 6.28. The Bertz CT molecular complexity index is 256. The smallest absolute Gasteiger partial charge is 0.0457 e. The summed E-state index contributed by atoms with van der Waals surface area (Å²) >= 11 is 0. The molecule has 0 radical (unpaired) electrons. The largest absolute Gasteiger partial charge is 0.579 e. The van der Waals surface area contributed by atoms with E-state index in [-0.39, 0.29) is 27.1 Å². The molecule has 1 unspecified atom stereocenters. The molecule has 0 aromatic carbocycles. The van der Waals surface area contributed by atoms with Crippen molar-refractivity contribution in [3.8, 4) is 0 Å². The first-order valence-corrected chi connectivity index (χ1v) is 3.53. The van der Waals surface area contributed by atoms with Gasteiger partial charge in [-0.3, -0.25) is 0 Å². The van der Waals surface area contributed by atoms with Gasteiger partial charge in [0.1, 0.15) is 0 Å². The number of hydrogen-bond donors (Lipinski definition) is 1. The zero-order valence-corrected chi connectivity index (χ0v) is 8.55. The fraction of sp³-hybridized carbons (Fsp3) is 0.571. The van der Waals surface area contributed by atoms with Crippen LogP contribution in [0.1, 0.15) is 29.4 Å². The van der Waals surface area contributed by atoms with Crippen molar-refractivity contribution in [3.63, 3.8) is 0 Å². The van der Waals surface area contributed by atoms with Gasteiger partial charge in [0.25, 0.3) is 0 Å². The van der Waals surface area contributed by atoms with Crippen LogP contribution in [0.5, 0.6) is 0 Å². The molecule has 1 aromatic rings. The summed E-state index contributed by atoms with van der Waals surface area (Å²) in [7, 11) is 0. The molecule has 2 N–H and O–H groups in total. The molecule has 0 saturated heterocycles. The van der Waals surface area contributed by atoms with Gasteiger partial charge >= 0.3 is 0 Å². The number of nitrogens with two attached hydrogens (primary N) is 1. The number of hydrogen-bond acceptors (Lipinski definition) is 2. The minimum Gasteiger partial charge on any atom is -0.579 e. The van der Waals surface area contributed by atoms with Gasteiger partial charge in [-0.05, 0) is 18.4 Å². The average molecular weight is 331 g/mol. The molecule has 0 aliphatic heterocycles. The quantitative estimate of drug-likeness (QED) is 0.744. The zero-order chi connectivity index (χ0) is 7.14. The second-order valence-corrected chi connectivity index (χ2v) is 2.79. The molecule has 1 aliphatic rings. The topological polar surface area (TPSA) is 53.0 Å². The van der Waals surface area contributed by atoms with E-state index in [4.69, 9.17) is 5.73 Å². The number of rotatable bonds is 0. The molecule has 0 spiro atoms. The van der Waals surface area contributed by atoms with Crippen LogP contribution in [0.15, 0.2) is 0 Å². The Hall–Kier alpha value is -0.142. The Morgan fingerprint density at radius 1 is 1.64 bits per heavy atom. The van der Waals surface area contributed by atoms with Crippen LogP contribution >= 0.6 is 0 Å². The van der Waals surface area contributed by atoms with E-state index < -0.39 is 0 Å². The van der Waals surface area contributed by atoms with Gasteiger partial charge in [-0.1, -0.05) is 6.92 Å². The first-order chi connectivity index (χ1) is 4.79. The fourth-order valence-electron chi connectivity index (χ4n) is 1.48. The maximum absolute atomic E-state index is 5.76. The molecule has 2 rings (SSSR count). The third-order valence-electron chi connectivity index (χ3n) is 2.11. The second-order valence-electron chi connectivity index (χ2n) is 2.79. The number of aromatic nitrogens is 2. The Morgan fingerprint density at radius 2 is 2.36 bits per heavy atom. The molecule has 1 atom stereocenters. The van der Waals surface area contributed by atoms with E-state index in [2.05, 4.69) is 10.2 Å². The van der Waals surface area contributed by atoms with Crippen molar-refractivity contribution in [1.82, 2.24) is 10.2 Å². The SMILES string of the molecule is Cc1[n-]nc2c1CCC2N.[Pt]. The molecule has 1 heterocycles. The Morgan fingerprint density at radius 3 is 3.00 bits per heavy atom. The van der Waals surface area contributed by atoms with Gasteiger partial charge in [0.05, 0.1) is 0 Å². The van der Waals surface area contributed by atoms with Crippen molar-refractivity contribution in [2.75, 3.05) is 0 Å².